The molecule has 0 unspecified atom stereocenters. The van der Waals surface area contributed by atoms with E-state index < -0.39 is 35.0 Å². The lowest BCUT2D eigenvalue weighted by atomic mass is 10.2. The molecule has 1 rings (SSSR count). The number of anilines is 1. The first-order valence-corrected chi connectivity index (χ1v) is 3.99. The van der Waals surface area contributed by atoms with E-state index >= 15 is 0 Å². The van der Waals surface area contributed by atoms with Crippen molar-refractivity contribution in [2.24, 2.45) is 0 Å². The second kappa shape index (κ2) is 4.65. The lowest BCUT2D eigenvalue weighted by molar-refractivity contribution is -0.150. The molecule has 4 nitrogen and oxygen atoms in total. The van der Waals surface area contributed by atoms with E-state index in [1.807, 2.05) is 0 Å². The maximum atomic E-state index is 13.0. The first kappa shape index (κ1) is 12.0. The molecule has 0 aromatic heterocycles. The van der Waals surface area contributed by atoms with Crippen molar-refractivity contribution in [3.05, 3.63) is 29.6 Å². The Balaban J connectivity index is 2.98. The number of esters is 1. The maximum absolute atomic E-state index is 13.0. The Morgan fingerprint density at radius 3 is 2.12 bits per heavy atom. The van der Waals surface area contributed by atoms with Gasteiger partial charge in [-0.1, -0.05) is 0 Å². The molecule has 86 valence electrons. The number of hydrogen-bond donors (Lipinski definition) is 1. The van der Waals surface area contributed by atoms with Gasteiger partial charge in [-0.15, -0.1) is 0 Å². The minimum Gasteiger partial charge on any atom is -0.462 e. The molecule has 1 amide bonds. The third-order valence-electron chi connectivity index (χ3n) is 1.62. The molecular weight excluding hydrogens is 227 g/mol. The van der Waals surface area contributed by atoms with E-state index in [1.54, 1.807) is 5.32 Å². The van der Waals surface area contributed by atoms with Crippen molar-refractivity contribution in [1.29, 1.82) is 0 Å². The molecular formula is C9H6F3NO3. The molecule has 0 radical (unpaired) electrons. The average molecular weight is 233 g/mol. The number of carbonyl (C=O) groups excluding carboxylic acids is 2. The SMILES string of the molecule is COC(=O)C(=O)Nc1c(F)cc(F)cc1F. The number of nitrogens with one attached hydrogen (secondary N) is 1. The van der Waals surface area contributed by atoms with Crippen LogP contribution >= 0.6 is 0 Å². The molecule has 0 aliphatic rings. The Labute approximate surface area is 88.0 Å². The van der Waals surface area contributed by atoms with Crippen LogP contribution in [0.15, 0.2) is 12.1 Å². The van der Waals surface area contributed by atoms with Gasteiger partial charge in [-0.3, -0.25) is 4.79 Å². The molecule has 0 saturated heterocycles. The van der Waals surface area contributed by atoms with Crippen LogP contribution in [0.25, 0.3) is 0 Å². The zero-order chi connectivity index (χ0) is 12.3. The maximum Gasteiger partial charge on any atom is 0.396 e. The average Bonchev–Trinajstić information content (AvgIpc) is 2.21. The Hall–Kier alpha value is -2.05. The highest BCUT2D eigenvalue weighted by Gasteiger charge is 2.19. The van der Waals surface area contributed by atoms with Crippen molar-refractivity contribution in [2.75, 3.05) is 12.4 Å². The summed E-state index contributed by atoms with van der Waals surface area (Å²) in [4.78, 5) is 21.6. The highest BCUT2D eigenvalue weighted by atomic mass is 19.1. The molecule has 7 heteroatoms. The number of carbonyl (C=O) groups is 2. The summed E-state index contributed by atoms with van der Waals surface area (Å²) < 4.78 is 42.5. The van der Waals surface area contributed by atoms with Gasteiger partial charge in [-0.25, -0.2) is 18.0 Å². The van der Waals surface area contributed by atoms with E-state index in [2.05, 4.69) is 4.74 Å². The monoisotopic (exact) mass is 233 g/mol. The summed E-state index contributed by atoms with van der Waals surface area (Å²) in [5.41, 5.74) is -0.906. The molecule has 0 aliphatic heterocycles. The van der Waals surface area contributed by atoms with Crippen molar-refractivity contribution < 1.29 is 27.5 Å². The van der Waals surface area contributed by atoms with Crippen molar-refractivity contribution in [1.82, 2.24) is 0 Å². The molecule has 0 atom stereocenters. The number of amides is 1. The van der Waals surface area contributed by atoms with Gasteiger partial charge in [0.2, 0.25) is 0 Å². The Kier molecular flexibility index (Phi) is 3.49. The highest BCUT2D eigenvalue weighted by Crippen LogP contribution is 2.19. The summed E-state index contributed by atoms with van der Waals surface area (Å²) in [6.07, 6.45) is 0. The largest absolute Gasteiger partial charge is 0.462 e. The van der Waals surface area contributed by atoms with Crippen LogP contribution in [-0.4, -0.2) is 19.0 Å². The van der Waals surface area contributed by atoms with Crippen molar-refractivity contribution in [2.45, 2.75) is 0 Å². The van der Waals surface area contributed by atoms with Crippen molar-refractivity contribution in [3.8, 4) is 0 Å². The Morgan fingerprint density at radius 1 is 1.19 bits per heavy atom. The van der Waals surface area contributed by atoms with Gasteiger partial charge in [0, 0.05) is 12.1 Å². The summed E-state index contributed by atoms with van der Waals surface area (Å²) in [6, 6.07) is 0.742. The summed E-state index contributed by atoms with van der Waals surface area (Å²) in [7, 11) is 0.930. The zero-order valence-electron chi connectivity index (χ0n) is 8.01. The quantitative estimate of drug-likeness (QED) is 0.586. The number of rotatable bonds is 1. The number of methoxy groups -OCH3 is 1. The molecule has 0 spiro atoms. The lowest BCUT2D eigenvalue weighted by Crippen LogP contribution is -2.25. The summed E-state index contributed by atoms with van der Waals surface area (Å²) in [5.74, 6) is -6.45. The normalized spacial score (nSPS) is 9.75. The molecule has 0 aliphatic carbocycles. The summed E-state index contributed by atoms with van der Waals surface area (Å²) >= 11 is 0. The molecule has 0 heterocycles. The van der Waals surface area contributed by atoms with Crippen molar-refractivity contribution >= 4 is 17.6 Å². The first-order valence-electron chi connectivity index (χ1n) is 3.99. The van der Waals surface area contributed by atoms with Crippen LogP contribution in [0.2, 0.25) is 0 Å². The van der Waals surface area contributed by atoms with Crippen LogP contribution in [0, 0.1) is 17.5 Å². The van der Waals surface area contributed by atoms with E-state index in [1.165, 1.54) is 0 Å². The third kappa shape index (κ3) is 2.50. The van der Waals surface area contributed by atoms with Crippen LogP contribution in [0.3, 0.4) is 0 Å². The van der Waals surface area contributed by atoms with E-state index in [0.717, 1.165) is 7.11 Å². The van der Waals surface area contributed by atoms with Gasteiger partial charge in [0.25, 0.3) is 0 Å². The molecule has 0 saturated carbocycles. The number of hydrogen-bond acceptors (Lipinski definition) is 3. The van der Waals surface area contributed by atoms with Gasteiger partial charge in [-0.2, -0.15) is 0 Å². The number of ether oxygens (including phenoxy) is 1. The summed E-state index contributed by atoms with van der Waals surface area (Å²) in [6.45, 7) is 0. The van der Waals surface area contributed by atoms with Crippen LogP contribution in [0.1, 0.15) is 0 Å². The Morgan fingerprint density at radius 2 is 1.69 bits per heavy atom. The fourth-order valence-electron chi connectivity index (χ4n) is 0.919. The standard InChI is InChI=1S/C9H6F3NO3/c1-16-9(15)8(14)13-7-5(11)2-4(10)3-6(7)12/h2-3H,1H3,(H,13,14). The van der Waals surface area contributed by atoms with Crippen LogP contribution in [0.5, 0.6) is 0 Å². The van der Waals surface area contributed by atoms with E-state index in [9.17, 15) is 22.8 Å². The van der Waals surface area contributed by atoms with Crippen LogP contribution in [-0.2, 0) is 14.3 Å². The number of benzene rings is 1. The molecule has 1 N–H and O–H groups in total. The van der Waals surface area contributed by atoms with E-state index in [0.29, 0.717) is 12.1 Å². The molecule has 0 fully saturated rings. The van der Waals surface area contributed by atoms with Gasteiger partial charge in [0.1, 0.15) is 11.5 Å². The fourth-order valence-corrected chi connectivity index (χ4v) is 0.919. The zero-order valence-corrected chi connectivity index (χ0v) is 8.01. The van der Waals surface area contributed by atoms with Crippen LogP contribution in [0.4, 0.5) is 18.9 Å². The van der Waals surface area contributed by atoms with Gasteiger partial charge < -0.3 is 10.1 Å². The predicted molar refractivity (Wildman–Crippen MR) is 47.0 cm³/mol. The number of halogens is 3. The van der Waals surface area contributed by atoms with Crippen LogP contribution < -0.4 is 5.32 Å². The smallest absolute Gasteiger partial charge is 0.396 e. The molecule has 1 aromatic rings. The minimum absolute atomic E-state index is 0.371. The van der Waals surface area contributed by atoms with Gasteiger partial charge in [-0.05, 0) is 0 Å². The summed E-state index contributed by atoms with van der Waals surface area (Å²) in [5, 5.41) is 1.63. The predicted octanol–water partition coefficient (Wildman–Crippen LogP) is 1.22. The van der Waals surface area contributed by atoms with Gasteiger partial charge >= 0.3 is 11.9 Å². The second-order valence-corrected chi connectivity index (χ2v) is 2.69. The Bertz CT molecular complexity index is 425. The van der Waals surface area contributed by atoms with Crippen molar-refractivity contribution in [3.63, 3.8) is 0 Å². The van der Waals surface area contributed by atoms with E-state index in [-0.39, 0.29) is 0 Å². The highest BCUT2D eigenvalue weighted by molar-refractivity contribution is 6.37. The topological polar surface area (TPSA) is 55.4 Å². The first-order chi connectivity index (χ1) is 7.45. The molecule has 1 aromatic carbocycles. The third-order valence-corrected chi connectivity index (χ3v) is 1.62. The molecule has 0 bridgehead atoms. The second-order valence-electron chi connectivity index (χ2n) is 2.69. The van der Waals surface area contributed by atoms with Gasteiger partial charge in [0.05, 0.1) is 7.11 Å². The molecule has 16 heavy (non-hydrogen) atoms. The fraction of sp³-hybridized carbons (Fsp3) is 0.111. The minimum atomic E-state index is -1.35. The lowest BCUT2D eigenvalue weighted by Gasteiger charge is -2.06. The van der Waals surface area contributed by atoms with E-state index in [4.69, 9.17) is 0 Å². The van der Waals surface area contributed by atoms with Gasteiger partial charge in [0.15, 0.2) is 11.6 Å².